The zero-order chi connectivity index (χ0) is 25.4. The number of nitrogen functional groups attached to an aromatic ring is 2. The number of aryl methyl sites for hydroxylation is 2. The molecule has 0 fully saturated rings. The minimum Gasteiger partial charge on any atom is -0.398 e. The highest BCUT2D eigenvalue weighted by Gasteiger charge is 2.13. The molecule has 0 saturated heterocycles. The van der Waals surface area contributed by atoms with Crippen LogP contribution in [0.2, 0.25) is 0 Å². The highest BCUT2D eigenvalue weighted by Crippen LogP contribution is 2.26. The second-order valence-corrected chi connectivity index (χ2v) is 8.66. The fourth-order valence-electron chi connectivity index (χ4n) is 4.14. The molecule has 5 aromatic rings. The van der Waals surface area contributed by atoms with Crippen LogP contribution in [0.5, 0.6) is 0 Å². The normalized spacial score (nSPS) is 10.6. The van der Waals surface area contributed by atoms with Crippen LogP contribution in [0.3, 0.4) is 0 Å². The zero-order valence-corrected chi connectivity index (χ0v) is 21.0. The van der Waals surface area contributed by atoms with E-state index in [1.807, 2.05) is 26.0 Å². The summed E-state index contributed by atoms with van der Waals surface area (Å²) >= 11 is 0. The minimum atomic E-state index is -0.345. The van der Waals surface area contributed by atoms with Crippen molar-refractivity contribution in [1.82, 2.24) is 9.97 Å². The van der Waals surface area contributed by atoms with E-state index >= 15 is 0 Å². The third kappa shape index (κ3) is 5.29. The van der Waals surface area contributed by atoms with Crippen LogP contribution in [0, 0.1) is 13.8 Å². The Morgan fingerprint density at radius 3 is 1.51 bits per heavy atom. The van der Waals surface area contributed by atoms with Gasteiger partial charge >= 0.3 is 0 Å². The number of nitrogens with two attached hydrogens (primary N) is 2. The lowest BCUT2D eigenvalue weighted by Crippen LogP contribution is -2.15. The molecule has 37 heavy (non-hydrogen) atoms. The summed E-state index contributed by atoms with van der Waals surface area (Å²) in [5.41, 5.74) is 18.4. The molecule has 0 aliphatic rings. The summed E-state index contributed by atoms with van der Waals surface area (Å²) in [5.74, 6) is -0.690. The van der Waals surface area contributed by atoms with E-state index in [0.29, 0.717) is 33.9 Å². The molecular weight excluding hydrogens is 488 g/mol. The average Bonchev–Trinajstić information content (AvgIpc) is 2.84. The Kier molecular flexibility index (Phi) is 6.95. The van der Waals surface area contributed by atoms with Crippen LogP contribution in [0.25, 0.3) is 21.8 Å². The number of nitrogens with zero attached hydrogens (tertiary/aromatic N) is 2. The Morgan fingerprint density at radius 2 is 1.08 bits per heavy atom. The van der Waals surface area contributed by atoms with E-state index in [2.05, 4.69) is 20.6 Å². The van der Waals surface area contributed by atoms with Crippen molar-refractivity contribution in [2.75, 3.05) is 22.1 Å². The van der Waals surface area contributed by atoms with Crippen molar-refractivity contribution in [2.45, 2.75) is 13.8 Å². The van der Waals surface area contributed by atoms with Crippen LogP contribution in [-0.2, 0) is 0 Å². The number of aromatic nitrogens is 2. The molecule has 0 bridgehead atoms. The molecule has 0 radical (unpaired) electrons. The van der Waals surface area contributed by atoms with Gasteiger partial charge in [-0.2, -0.15) is 0 Å². The smallest absolute Gasteiger partial charge is 0.255 e. The van der Waals surface area contributed by atoms with Gasteiger partial charge in [-0.15, -0.1) is 12.4 Å². The molecule has 2 heterocycles. The predicted octanol–water partition coefficient (Wildman–Crippen LogP) is 5.49. The van der Waals surface area contributed by atoms with Crippen molar-refractivity contribution in [3.05, 3.63) is 95.3 Å². The lowest BCUT2D eigenvalue weighted by atomic mass is 10.1. The molecule has 0 unspecified atom stereocenters. The van der Waals surface area contributed by atoms with E-state index in [0.717, 1.165) is 33.2 Å². The number of hydrogen-bond acceptors (Lipinski definition) is 6. The standard InChI is InChI=1S/C28H24N6O2.ClH/c1-15-10-23(29)21-13-19(6-8-25(21)31-15)33-27(35)17-4-3-5-18(12-17)28(36)34-20-7-9-26-22(14-20)24(30)11-16(2)32-26;/h3-14H,1-2H3,(H2,29,31)(H2,30,32)(H,33,35)(H,34,36);1H. The molecular formula is C28H25ClN6O2. The van der Waals surface area contributed by atoms with Gasteiger partial charge in [0.1, 0.15) is 0 Å². The molecule has 0 aliphatic heterocycles. The topological polar surface area (TPSA) is 136 Å². The molecule has 3 aromatic carbocycles. The monoisotopic (exact) mass is 512 g/mol. The summed E-state index contributed by atoms with van der Waals surface area (Å²) in [6.07, 6.45) is 0. The summed E-state index contributed by atoms with van der Waals surface area (Å²) in [4.78, 5) is 34.8. The molecule has 2 amide bonds. The molecule has 0 spiro atoms. The number of benzene rings is 3. The van der Waals surface area contributed by atoms with E-state index in [-0.39, 0.29) is 24.2 Å². The maximum atomic E-state index is 12.9. The van der Waals surface area contributed by atoms with Gasteiger partial charge in [-0.3, -0.25) is 19.6 Å². The molecule has 2 aromatic heterocycles. The molecule has 0 saturated carbocycles. The predicted molar refractivity (Wildman–Crippen MR) is 151 cm³/mol. The summed E-state index contributed by atoms with van der Waals surface area (Å²) in [7, 11) is 0. The van der Waals surface area contributed by atoms with Crippen LogP contribution >= 0.6 is 12.4 Å². The van der Waals surface area contributed by atoms with Crippen LogP contribution in [-0.4, -0.2) is 21.8 Å². The van der Waals surface area contributed by atoms with E-state index in [9.17, 15) is 9.59 Å². The third-order valence-electron chi connectivity index (χ3n) is 5.84. The van der Waals surface area contributed by atoms with Crippen LogP contribution in [0.4, 0.5) is 22.7 Å². The van der Waals surface area contributed by atoms with Gasteiger partial charge in [0.05, 0.1) is 11.0 Å². The maximum absolute atomic E-state index is 12.9. The summed E-state index contributed by atoms with van der Waals surface area (Å²) in [6.45, 7) is 3.75. The van der Waals surface area contributed by atoms with Gasteiger partial charge in [0.15, 0.2) is 0 Å². The average molecular weight is 513 g/mol. The largest absolute Gasteiger partial charge is 0.398 e. The van der Waals surface area contributed by atoms with Crippen LogP contribution in [0.1, 0.15) is 32.1 Å². The molecule has 0 atom stereocenters. The first-order chi connectivity index (χ1) is 17.3. The van der Waals surface area contributed by atoms with Gasteiger partial charge in [0, 0.05) is 56.0 Å². The van der Waals surface area contributed by atoms with Gasteiger partial charge < -0.3 is 22.1 Å². The summed E-state index contributed by atoms with van der Waals surface area (Å²) in [5, 5.41) is 7.24. The second-order valence-electron chi connectivity index (χ2n) is 8.66. The summed E-state index contributed by atoms with van der Waals surface area (Å²) < 4.78 is 0. The van der Waals surface area contributed by atoms with Gasteiger partial charge in [0.25, 0.3) is 11.8 Å². The number of hydrogen-bond donors (Lipinski definition) is 4. The fourth-order valence-corrected chi connectivity index (χ4v) is 4.14. The van der Waals surface area contributed by atoms with E-state index in [4.69, 9.17) is 11.5 Å². The number of fused-ring (bicyclic) bond motifs is 2. The molecule has 8 nitrogen and oxygen atoms in total. The Labute approximate surface area is 219 Å². The highest BCUT2D eigenvalue weighted by molar-refractivity contribution is 6.10. The number of carbonyl (C=O) groups is 2. The Hall–Kier alpha value is -4.69. The zero-order valence-electron chi connectivity index (χ0n) is 20.2. The van der Waals surface area contributed by atoms with Gasteiger partial charge in [-0.05, 0) is 80.6 Å². The van der Waals surface area contributed by atoms with Crippen molar-refractivity contribution < 1.29 is 9.59 Å². The number of pyridine rings is 2. The number of rotatable bonds is 4. The molecule has 6 N–H and O–H groups in total. The van der Waals surface area contributed by atoms with E-state index < -0.39 is 0 Å². The Bertz CT molecular complexity index is 1560. The third-order valence-corrected chi connectivity index (χ3v) is 5.84. The fraction of sp³-hybridized carbons (Fsp3) is 0.0714. The Morgan fingerprint density at radius 1 is 0.649 bits per heavy atom. The second kappa shape index (κ2) is 10.1. The SMILES string of the molecule is Cc1cc(N)c2cc(NC(=O)c3cccc(C(=O)Nc4ccc5nc(C)cc(N)c5c4)c3)ccc2n1.Cl. The number of halogens is 1. The molecule has 5 rings (SSSR count). The minimum absolute atomic E-state index is 0. The quantitative estimate of drug-likeness (QED) is 0.251. The number of nitrogens with one attached hydrogen (secondary N) is 2. The first-order valence-electron chi connectivity index (χ1n) is 11.3. The van der Waals surface area contributed by atoms with Crippen molar-refractivity contribution in [2.24, 2.45) is 0 Å². The van der Waals surface area contributed by atoms with Gasteiger partial charge in [-0.25, -0.2) is 0 Å². The summed E-state index contributed by atoms with van der Waals surface area (Å²) in [6, 6.07) is 20.8. The van der Waals surface area contributed by atoms with Gasteiger partial charge in [-0.1, -0.05) is 6.07 Å². The highest BCUT2D eigenvalue weighted by atomic mass is 35.5. The number of carbonyl (C=O) groups excluding carboxylic acids is 2. The Balaban J connectivity index is 0.00000320. The van der Waals surface area contributed by atoms with Crippen molar-refractivity contribution in [1.29, 1.82) is 0 Å². The van der Waals surface area contributed by atoms with Crippen molar-refractivity contribution in [3.63, 3.8) is 0 Å². The van der Waals surface area contributed by atoms with Crippen molar-refractivity contribution in [3.8, 4) is 0 Å². The number of amides is 2. The van der Waals surface area contributed by atoms with Crippen molar-refractivity contribution >= 4 is 68.8 Å². The first-order valence-corrected chi connectivity index (χ1v) is 11.3. The maximum Gasteiger partial charge on any atom is 0.255 e. The lowest BCUT2D eigenvalue weighted by molar-refractivity contribution is 0.102. The molecule has 9 heteroatoms. The number of anilines is 4. The van der Waals surface area contributed by atoms with E-state index in [1.54, 1.807) is 60.7 Å². The first kappa shape index (κ1) is 25.4. The van der Waals surface area contributed by atoms with Crippen LogP contribution in [0.15, 0.2) is 72.8 Å². The van der Waals surface area contributed by atoms with E-state index in [1.165, 1.54) is 0 Å². The molecule has 0 aliphatic carbocycles. The lowest BCUT2D eigenvalue weighted by Gasteiger charge is -2.10. The van der Waals surface area contributed by atoms with Gasteiger partial charge in [0.2, 0.25) is 0 Å². The van der Waals surface area contributed by atoms with Crippen LogP contribution < -0.4 is 22.1 Å². The molecule has 186 valence electrons.